The SMILES string of the molecule is CCCCCCCCCCCc1ccc(OC(=O)c2ccc(CCCCCCCCC)cc2)c(F)c1F. The van der Waals surface area contributed by atoms with Crippen molar-refractivity contribution in [3.05, 3.63) is 64.7 Å². The molecule has 0 aromatic heterocycles. The lowest BCUT2D eigenvalue weighted by molar-refractivity contribution is 0.0726. The van der Waals surface area contributed by atoms with Crippen molar-refractivity contribution in [2.75, 3.05) is 0 Å². The maximum absolute atomic E-state index is 14.6. The van der Waals surface area contributed by atoms with Gasteiger partial charge in [-0.1, -0.05) is 122 Å². The Labute approximate surface area is 224 Å². The van der Waals surface area contributed by atoms with E-state index < -0.39 is 17.6 Å². The van der Waals surface area contributed by atoms with Crippen LogP contribution < -0.4 is 4.74 Å². The number of ether oxygens (including phenoxy) is 1. The fraction of sp³-hybridized carbons (Fsp3) is 0.606. The highest BCUT2D eigenvalue weighted by molar-refractivity contribution is 5.91. The molecule has 4 heteroatoms. The topological polar surface area (TPSA) is 26.3 Å². The molecule has 2 rings (SSSR count). The van der Waals surface area contributed by atoms with Gasteiger partial charge >= 0.3 is 5.97 Å². The minimum atomic E-state index is -1.09. The second kappa shape index (κ2) is 18.9. The predicted molar refractivity (Wildman–Crippen MR) is 150 cm³/mol. The molecule has 0 saturated heterocycles. The third-order valence-corrected chi connectivity index (χ3v) is 7.14. The van der Waals surface area contributed by atoms with Gasteiger partial charge in [0.2, 0.25) is 5.82 Å². The molecule has 0 aliphatic heterocycles. The van der Waals surface area contributed by atoms with Crippen molar-refractivity contribution >= 4 is 5.97 Å². The molecule has 0 atom stereocenters. The van der Waals surface area contributed by atoms with Gasteiger partial charge in [-0.2, -0.15) is 4.39 Å². The minimum Gasteiger partial charge on any atom is -0.420 e. The fourth-order valence-corrected chi connectivity index (χ4v) is 4.72. The summed E-state index contributed by atoms with van der Waals surface area (Å²) >= 11 is 0. The van der Waals surface area contributed by atoms with Crippen molar-refractivity contribution in [1.29, 1.82) is 0 Å². The number of benzene rings is 2. The molecule has 0 spiro atoms. The Kier molecular flexibility index (Phi) is 15.9. The lowest BCUT2D eigenvalue weighted by Crippen LogP contribution is -2.11. The highest BCUT2D eigenvalue weighted by Gasteiger charge is 2.18. The van der Waals surface area contributed by atoms with Gasteiger partial charge in [-0.25, -0.2) is 9.18 Å². The van der Waals surface area contributed by atoms with Gasteiger partial charge in [0.05, 0.1) is 5.56 Å². The van der Waals surface area contributed by atoms with E-state index in [1.54, 1.807) is 12.1 Å². The molecule has 0 amide bonds. The van der Waals surface area contributed by atoms with Crippen molar-refractivity contribution in [1.82, 2.24) is 0 Å². The number of halogens is 2. The van der Waals surface area contributed by atoms with Crippen LogP contribution in [0.15, 0.2) is 36.4 Å². The smallest absolute Gasteiger partial charge is 0.343 e. The van der Waals surface area contributed by atoms with Crippen LogP contribution in [-0.2, 0) is 12.8 Å². The van der Waals surface area contributed by atoms with Crippen molar-refractivity contribution in [3.8, 4) is 5.75 Å². The van der Waals surface area contributed by atoms with E-state index in [0.717, 1.165) is 32.1 Å². The van der Waals surface area contributed by atoms with Crippen molar-refractivity contribution in [2.45, 2.75) is 129 Å². The van der Waals surface area contributed by atoms with Crippen LogP contribution in [0.25, 0.3) is 0 Å². The molecule has 0 bridgehead atoms. The molecular formula is C33H48F2O2. The summed E-state index contributed by atoms with van der Waals surface area (Å²) in [5, 5.41) is 0. The van der Waals surface area contributed by atoms with Gasteiger partial charge in [-0.05, 0) is 55.0 Å². The Morgan fingerprint density at radius 3 is 1.62 bits per heavy atom. The summed E-state index contributed by atoms with van der Waals surface area (Å²) < 4.78 is 34.4. The Bertz CT molecular complexity index is 892. The van der Waals surface area contributed by atoms with E-state index in [4.69, 9.17) is 4.74 Å². The highest BCUT2D eigenvalue weighted by Crippen LogP contribution is 2.25. The average Bonchev–Trinajstić information content (AvgIpc) is 2.91. The summed E-state index contributed by atoms with van der Waals surface area (Å²) in [7, 11) is 0. The first-order chi connectivity index (χ1) is 18.1. The van der Waals surface area contributed by atoms with Crippen molar-refractivity contribution < 1.29 is 18.3 Å². The first-order valence-electron chi connectivity index (χ1n) is 14.8. The second-order valence-corrected chi connectivity index (χ2v) is 10.4. The molecule has 0 N–H and O–H groups in total. The fourth-order valence-electron chi connectivity index (χ4n) is 4.72. The van der Waals surface area contributed by atoms with E-state index in [9.17, 15) is 13.6 Å². The summed E-state index contributed by atoms with van der Waals surface area (Å²) in [5.41, 5.74) is 1.85. The van der Waals surface area contributed by atoms with Gasteiger partial charge in [-0.15, -0.1) is 0 Å². The van der Waals surface area contributed by atoms with Crippen LogP contribution in [0.5, 0.6) is 5.75 Å². The van der Waals surface area contributed by atoms with Crippen molar-refractivity contribution in [2.24, 2.45) is 0 Å². The van der Waals surface area contributed by atoms with E-state index in [1.165, 1.54) is 94.7 Å². The number of rotatable bonds is 20. The summed E-state index contributed by atoms with van der Waals surface area (Å²) in [6.07, 6.45) is 20.9. The van der Waals surface area contributed by atoms with Gasteiger partial charge in [0.1, 0.15) is 0 Å². The first kappa shape index (κ1) is 31.0. The summed E-state index contributed by atoms with van der Waals surface area (Å²) in [6, 6.07) is 10.1. The van der Waals surface area contributed by atoms with Crippen LogP contribution in [0.2, 0.25) is 0 Å². The Balaban J connectivity index is 1.73. The molecule has 0 fully saturated rings. The van der Waals surface area contributed by atoms with Gasteiger partial charge in [0.25, 0.3) is 0 Å². The molecule has 206 valence electrons. The van der Waals surface area contributed by atoms with Crippen LogP contribution in [-0.4, -0.2) is 5.97 Å². The van der Waals surface area contributed by atoms with Gasteiger partial charge in [-0.3, -0.25) is 0 Å². The van der Waals surface area contributed by atoms with Crippen LogP contribution >= 0.6 is 0 Å². The highest BCUT2D eigenvalue weighted by atomic mass is 19.2. The number of unbranched alkanes of at least 4 members (excludes halogenated alkanes) is 14. The van der Waals surface area contributed by atoms with Gasteiger partial charge in [0.15, 0.2) is 11.6 Å². The molecule has 37 heavy (non-hydrogen) atoms. The number of esters is 1. The summed E-state index contributed by atoms with van der Waals surface area (Å²) in [4.78, 5) is 12.5. The van der Waals surface area contributed by atoms with E-state index in [0.29, 0.717) is 17.5 Å². The quantitative estimate of drug-likeness (QED) is 0.0997. The molecule has 0 heterocycles. The van der Waals surface area contributed by atoms with Gasteiger partial charge < -0.3 is 4.74 Å². The maximum Gasteiger partial charge on any atom is 0.343 e. The van der Waals surface area contributed by atoms with Crippen LogP contribution in [0, 0.1) is 11.6 Å². The number of hydrogen-bond acceptors (Lipinski definition) is 2. The molecular weight excluding hydrogens is 466 g/mol. The van der Waals surface area contributed by atoms with Gasteiger partial charge in [0, 0.05) is 0 Å². The number of hydrogen-bond donors (Lipinski definition) is 0. The second-order valence-electron chi connectivity index (χ2n) is 10.4. The summed E-state index contributed by atoms with van der Waals surface area (Å²) in [6.45, 7) is 4.44. The zero-order chi connectivity index (χ0) is 26.7. The first-order valence-corrected chi connectivity index (χ1v) is 14.8. The normalized spacial score (nSPS) is 11.1. The molecule has 2 aromatic carbocycles. The van der Waals surface area contributed by atoms with Crippen LogP contribution in [0.3, 0.4) is 0 Å². The Morgan fingerprint density at radius 2 is 1.08 bits per heavy atom. The number of carbonyl (C=O) groups is 1. The molecule has 0 saturated carbocycles. The average molecular weight is 515 g/mol. The molecule has 0 radical (unpaired) electrons. The number of carbonyl (C=O) groups excluding carboxylic acids is 1. The summed E-state index contributed by atoms with van der Waals surface area (Å²) in [5.74, 6) is -3.02. The zero-order valence-corrected chi connectivity index (χ0v) is 23.3. The third-order valence-electron chi connectivity index (χ3n) is 7.14. The molecule has 2 nitrogen and oxygen atoms in total. The molecule has 2 aromatic rings. The third kappa shape index (κ3) is 12.2. The van der Waals surface area contributed by atoms with E-state index in [1.807, 2.05) is 12.1 Å². The number of aryl methyl sites for hydroxylation is 2. The van der Waals surface area contributed by atoms with E-state index in [2.05, 4.69) is 13.8 Å². The standard InChI is InChI=1S/C33H48F2O2/c1-3-5-7-9-11-12-14-16-18-20-28-25-26-30(32(35)31(28)34)37-33(36)29-23-21-27(22-24-29)19-17-15-13-10-8-6-4-2/h21-26H,3-20H2,1-2H3. The van der Waals surface area contributed by atoms with E-state index >= 15 is 0 Å². The molecule has 0 aliphatic rings. The lowest BCUT2D eigenvalue weighted by atomic mass is 10.0. The lowest BCUT2D eigenvalue weighted by Gasteiger charge is -2.10. The monoisotopic (exact) mass is 514 g/mol. The zero-order valence-electron chi connectivity index (χ0n) is 23.3. The Morgan fingerprint density at radius 1 is 0.595 bits per heavy atom. The molecule has 0 aliphatic carbocycles. The largest absolute Gasteiger partial charge is 0.420 e. The van der Waals surface area contributed by atoms with Crippen LogP contribution in [0.4, 0.5) is 8.78 Å². The van der Waals surface area contributed by atoms with Crippen LogP contribution in [0.1, 0.15) is 138 Å². The van der Waals surface area contributed by atoms with Crippen molar-refractivity contribution in [3.63, 3.8) is 0 Å². The predicted octanol–water partition coefficient (Wildman–Crippen LogP) is 10.6. The molecule has 0 unspecified atom stereocenters. The Hall–Kier alpha value is -2.23. The van der Waals surface area contributed by atoms with E-state index in [-0.39, 0.29) is 5.75 Å². The minimum absolute atomic E-state index is 0.335. The maximum atomic E-state index is 14.6.